The third-order valence-corrected chi connectivity index (χ3v) is 6.45. The summed E-state index contributed by atoms with van der Waals surface area (Å²) in [7, 11) is 1.85. The molecule has 1 saturated carbocycles. The number of nitrogens with zero attached hydrogens (tertiary/aromatic N) is 3. The van der Waals surface area contributed by atoms with Crippen LogP contribution in [0.25, 0.3) is 0 Å². The Morgan fingerprint density at radius 1 is 1.21 bits per heavy atom. The number of hydrogen-bond donors (Lipinski definition) is 2. The fraction of sp³-hybridized carbons (Fsp3) is 0.524. The summed E-state index contributed by atoms with van der Waals surface area (Å²) in [5, 5.41) is 15.2. The first kappa shape index (κ1) is 21.4. The number of amides is 2. The third kappa shape index (κ3) is 5.59. The van der Waals surface area contributed by atoms with E-state index in [-0.39, 0.29) is 23.9 Å². The summed E-state index contributed by atoms with van der Waals surface area (Å²) in [6, 6.07) is 9.05. The van der Waals surface area contributed by atoms with E-state index in [1.54, 1.807) is 12.1 Å². The number of carbonyl (C=O) groups excluding carboxylic acids is 2. The maximum absolute atomic E-state index is 12.4. The van der Waals surface area contributed by atoms with Gasteiger partial charge in [-0.15, -0.1) is 10.2 Å². The largest absolute Gasteiger partial charge is 0.352 e. The molecular formula is C21H29N5O2S. The lowest BCUT2D eigenvalue weighted by Crippen LogP contribution is -2.41. The molecule has 0 aliphatic heterocycles. The number of thioether (sulfide) groups is 1. The van der Waals surface area contributed by atoms with Crippen LogP contribution in [0.2, 0.25) is 0 Å². The highest BCUT2D eigenvalue weighted by molar-refractivity contribution is 7.99. The van der Waals surface area contributed by atoms with Crippen molar-refractivity contribution in [3.8, 4) is 0 Å². The molecule has 8 heteroatoms. The second-order valence-electron chi connectivity index (χ2n) is 7.69. The maximum atomic E-state index is 12.4. The van der Waals surface area contributed by atoms with Crippen LogP contribution in [0.5, 0.6) is 0 Å². The molecule has 1 fully saturated rings. The summed E-state index contributed by atoms with van der Waals surface area (Å²) in [5.41, 5.74) is 0.602. The van der Waals surface area contributed by atoms with E-state index >= 15 is 0 Å². The van der Waals surface area contributed by atoms with Crippen LogP contribution in [-0.2, 0) is 11.8 Å². The van der Waals surface area contributed by atoms with Gasteiger partial charge in [0.1, 0.15) is 0 Å². The zero-order chi connectivity index (χ0) is 20.8. The Morgan fingerprint density at radius 3 is 2.66 bits per heavy atom. The van der Waals surface area contributed by atoms with E-state index < -0.39 is 0 Å². The predicted octanol–water partition coefficient (Wildman–Crippen LogP) is 3.09. The summed E-state index contributed by atoms with van der Waals surface area (Å²) in [6.07, 6.45) is 4.67. The van der Waals surface area contributed by atoms with Gasteiger partial charge in [-0.3, -0.25) is 9.59 Å². The molecule has 7 nitrogen and oxygen atoms in total. The number of rotatable bonds is 7. The van der Waals surface area contributed by atoms with Gasteiger partial charge < -0.3 is 15.2 Å². The maximum Gasteiger partial charge on any atom is 0.251 e. The van der Waals surface area contributed by atoms with E-state index in [0.29, 0.717) is 28.2 Å². The lowest BCUT2D eigenvalue weighted by atomic mass is 9.86. The molecule has 0 bridgehead atoms. The van der Waals surface area contributed by atoms with Crippen LogP contribution in [0.15, 0.2) is 35.5 Å². The highest BCUT2D eigenvalue weighted by atomic mass is 32.2. The molecule has 156 valence electrons. The normalized spacial score (nSPS) is 20.1. The molecule has 0 radical (unpaired) electrons. The van der Waals surface area contributed by atoms with Gasteiger partial charge in [0.25, 0.3) is 5.91 Å². The topological polar surface area (TPSA) is 88.9 Å². The monoisotopic (exact) mass is 415 g/mol. The first-order valence-corrected chi connectivity index (χ1v) is 11.1. The van der Waals surface area contributed by atoms with Crippen LogP contribution >= 0.6 is 11.8 Å². The van der Waals surface area contributed by atoms with Crippen molar-refractivity contribution in [2.75, 3.05) is 5.75 Å². The van der Waals surface area contributed by atoms with Gasteiger partial charge >= 0.3 is 0 Å². The van der Waals surface area contributed by atoms with E-state index in [1.807, 2.05) is 36.7 Å². The molecule has 1 aromatic carbocycles. The molecule has 1 heterocycles. The standard InChI is InChI=1S/C21H29N5O2S/c1-14-9-7-8-12-17(14)23-18(27)13-29-21-25-24-19(26(21)3)15(2)22-20(28)16-10-5-4-6-11-16/h4-6,10-11,14-15,17H,7-9,12-13H2,1-3H3,(H,22,28)(H,23,27)/t14-,15-,17+/m1/s1. The van der Waals surface area contributed by atoms with Gasteiger partial charge in [-0.1, -0.05) is 49.7 Å². The second kappa shape index (κ2) is 9.91. The van der Waals surface area contributed by atoms with Gasteiger partial charge in [-0.2, -0.15) is 0 Å². The summed E-state index contributed by atoms with van der Waals surface area (Å²) in [6.45, 7) is 4.08. The molecule has 1 aromatic heterocycles. The Hall–Kier alpha value is -2.35. The minimum atomic E-state index is -0.300. The Morgan fingerprint density at radius 2 is 1.93 bits per heavy atom. The molecule has 2 aromatic rings. The van der Waals surface area contributed by atoms with Crippen LogP contribution in [0, 0.1) is 5.92 Å². The van der Waals surface area contributed by atoms with Crippen LogP contribution < -0.4 is 10.6 Å². The third-order valence-electron chi connectivity index (χ3n) is 5.43. The molecule has 0 unspecified atom stereocenters. The minimum absolute atomic E-state index is 0.0312. The number of aromatic nitrogens is 3. The molecule has 3 atom stereocenters. The van der Waals surface area contributed by atoms with Crippen molar-refractivity contribution in [2.24, 2.45) is 13.0 Å². The molecule has 0 saturated heterocycles. The van der Waals surface area contributed by atoms with Gasteiger partial charge in [0.2, 0.25) is 5.91 Å². The van der Waals surface area contributed by atoms with Crippen LogP contribution in [0.1, 0.15) is 61.8 Å². The number of hydrogen-bond acceptors (Lipinski definition) is 5. The van der Waals surface area contributed by atoms with Crippen molar-refractivity contribution < 1.29 is 9.59 Å². The first-order chi connectivity index (χ1) is 14.0. The van der Waals surface area contributed by atoms with Crippen molar-refractivity contribution in [1.82, 2.24) is 25.4 Å². The molecule has 1 aliphatic rings. The Labute approximate surface area is 176 Å². The van der Waals surface area contributed by atoms with Crippen LogP contribution in [0.3, 0.4) is 0 Å². The van der Waals surface area contributed by atoms with E-state index in [2.05, 4.69) is 27.8 Å². The van der Waals surface area contributed by atoms with Gasteiger partial charge in [-0.05, 0) is 37.8 Å². The number of nitrogens with one attached hydrogen (secondary N) is 2. The smallest absolute Gasteiger partial charge is 0.251 e. The van der Waals surface area contributed by atoms with Gasteiger partial charge in [0.05, 0.1) is 11.8 Å². The molecular weight excluding hydrogens is 386 g/mol. The van der Waals surface area contributed by atoms with Crippen molar-refractivity contribution in [3.05, 3.63) is 41.7 Å². The second-order valence-corrected chi connectivity index (χ2v) is 8.63. The lowest BCUT2D eigenvalue weighted by Gasteiger charge is -2.29. The van der Waals surface area contributed by atoms with E-state index in [1.165, 1.54) is 31.0 Å². The first-order valence-electron chi connectivity index (χ1n) is 10.1. The highest BCUT2D eigenvalue weighted by Gasteiger charge is 2.23. The zero-order valence-electron chi connectivity index (χ0n) is 17.2. The fourth-order valence-corrected chi connectivity index (χ4v) is 4.40. The average molecular weight is 416 g/mol. The summed E-state index contributed by atoms with van der Waals surface area (Å²) >= 11 is 1.36. The molecule has 3 rings (SSSR count). The minimum Gasteiger partial charge on any atom is -0.352 e. The van der Waals surface area contributed by atoms with Crippen LogP contribution in [0.4, 0.5) is 0 Å². The molecule has 29 heavy (non-hydrogen) atoms. The molecule has 2 N–H and O–H groups in total. The van der Waals surface area contributed by atoms with E-state index in [0.717, 1.165) is 6.42 Å². The van der Waals surface area contributed by atoms with Crippen molar-refractivity contribution in [3.63, 3.8) is 0 Å². The average Bonchev–Trinajstić information content (AvgIpc) is 3.09. The number of benzene rings is 1. The Bertz CT molecular complexity index is 839. The lowest BCUT2D eigenvalue weighted by molar-refractivity contribution is -0.119. The predicted molar refractivity (Wildman–Crippen MR) is 114 cm³/mol. The Kier molecular flexibility index (Phi) is 7.30. The zero-order valence-corrected chi connectivity index (χ0v) is 18.0. The van der Waals surface area contributed by atoms with E-state index in [4.69, 9.17) is 0 Å². The van der Waals surface area contributed by atoms with Crippen molar-refractivity contribution in [1.29, 1.82) is 0 Å². The number of carbonyl (C=O) groups is 2. The summed E-state index contributed by atoms with van der Waals surface area (Å²) < 4.78 is 1.83. The summed E-state index contributed by atoms with van der Waals surface area (Å²) in [5.74, 6) is 1.37. The quantitative estimate of drug-likeness (QED) is 0.679. The van der Waals surface area contributed by atoms with Gasteiger partial charge in [0, 0.05) is 18.7 Å². The van der Waals surface area contributed by atoms with Crippen LogP contribution in [-0.4, -0.2) is 38.4 Å². The van der Waals surface area contributed by atoms with Crippen molar-refractivity contribution >= 4 is 23.6 Å². The SMILES string of the molecule is C[C@@H]1CCCC[C@@H]1NC(=O)CSc1nnc([C@@H](C)NC(=O)c2ccccc2)n1C. The molecule has 1 aliphatic carbocycles. The van der Waals surface area contributed by atoms with Crippen molar-refractivity contribution in [2.45, 2.75) is 56.8 Å². The molecule has 2 amide bonds. The Balaban J connectivity index is 1.53. The van der Waals surface area contributed by atoms with Gasteiger partial charge in [0.15, 0.2) is 11.0 Å². The summed E-state index contributed by atoms with van der Waals surface area (Å²) in [4.78, 5) is 24.7. The van der Waals surface area contributed by atoms with Gasteiger partial charge in [-0.25, -0.2) is 0 Å². The highest BCUT2D eigenvalue weighted by Crippen LogP contribution is 2.24. The fourth-order valence-electron chi connectivity index (χ4n) is 3.67. The molecule has 0 spiro atoms. The van der Waals surface area contributed by atoms with E-state index in [9.17, 15) is 9.59 Å².